The number of benzene rings is 5. The summed E-state index contributed by atoms with van der Waals surface area (Å²) in [5.74, 6) is 0. The molecular weight excluding hydrogens is 428 g/mol. The molecule has 0 N–H and O–H groups in total. The van der Waals surface area contributed by atoms with Crippen LogP contribution in [0.15, 0.2) is 122 Å². The van der Waals surface area contributed by atoms with Gasteiger partial charge in [0.05, 0.1) is 5.69 Å². The summed E-state index contributed by atoms with van der Waals surface area (Å²) in [6, 6.07) is 38.0. The topological polar surface area (TPSA) is 43.6 Å². The van der Waals surface area contributed by atoms with Crippen LogP contribution in [0, 0.1) is 0 Å². The van der Waals surface area contributed by atoms with Gasteiger partial charge in [0, 0.05) is 18.0 Å². The largest absolute Gasteiger partial charge is 0.264 e. The maximum Gasteiger partial charge on any atom is 0.114 e. The van der Waals surface area contributed by atoms with Crippen LogP contribution in [-0.2, 0) is 0 Å². The summed E-state index contributed by atoms with van der Waals surface area (Å²) in [7, 11) is 0. The van der Waals surface area contributed by atoms with E-state index in [9.17, 15) is 0 Å². The molecule has 2 heterocycles. The van der Waals surface area contributed by atoms with Gasteiger partial charge >= 0.3 is 0 Å². The molecule has 0 aliphatic rings. The van der Waals surface area contributed by atoms with E-state index in [1.807, 2.05) is 24.4 Å². The summed E-state index contributed by atoms with van der Waals surface area (Å²) in [5.41, 5.74) is 7.14. The number of nitrogens with zero attached hydrogens (tertiary/aromatic N) is 4. The van der Waals surface area contributed by atoms with Crippen molar-refractivity contribution in [1.82, 2.24) is 20.0 Å². The van der Waals surface area contributed by atoms with Gasteiger partial charge in [-0.1, -0.05) is 72.8 Å². The summed E-state index contributed by atoms with van der Waals surface area (Å²) in [5, 5.41) is 14.6. The average molecular weight is 449 g/mol. The summed E-state index contributed by atoms with van der Waals surface area (Å²) in [6.07, 6.45) is 3.65. The van der Waals surface area contributed by atoms with Gasteiger partial charge in [0.15, 0.2) is 0 Å². The predicted molar refractivity (Wildman–Crippen MR) is 143 cm³/mol. The molecule has 0 unspecified atom stereocenters. The number of pyridine rings is 1. The first-order valence-corrected chi connectivity index (χ1v) is 11.6. The monoisotopic (exact) mass is 448 g/mol. The third-order valence-electron chi connectivity index (χ3n) is 6.53. The third kappa shape index (κ3) is 3.35. The number of hydrogen-bond donors (Lipinski definition) is 0. The lowest BCUT2D eigenvalue weighted by atomic mass is 9.93. The second-order valence-corrected chi connectivity index (χ2v) is 8.68. The molecule has 0 amide bonds. The molecule has 4 heteroatoms. The fraction of sp³-hybridized carbons (Fsp3) is 0. The Morgan fingerprint density at radius 1 is 0.514 bits per heavy atom. The lowest BCUT2D eigenvalue weighted by Gasteiger charge is -2.10. The van der Waals surface area contributed by atoms with Gasteiger partial charge in [-0.25, -0.2) is 0 Å². The van der Waals surface area contributed by atoms with E-state index >= 15 is 0 Å². The van der Waals surface area contributed by atoms with Crippen LogP contribution in [0.5, 0.6) is 0 Å². The first-order chi connectivity index (χ1) is 17.3. The summed E-state index contributed by atoms with van der Waals surface area (Å²) >= 11 is 0. The molecule has 0 spiro atoms. The Bertz CT molecular complexity index is 1850. The fourth-order valence-corrected chi connectivity index (χ4v) is 4.83. The zero-order valence-corrected chi connectivity index (χ0v) is 18.8. The SMILES string of the molecule is c1cncc(-c2cccc(-n3nc4ccc(-c5cc6ccccc6c6ccccc56)cc4n3)c2)c1. The van der Waals surface area contributed by atoms with E-state index in [4.69, 9.17) is 10.2 Å². The molecule has 0 saturated carbocycles. The molecule has 7 aromatic rings. The van der Waals surface area contributed by atoms with E-state index in [0.717, 1.165) is 33.4 Å². The Kier molecular flexibility index (Phi) is 4.42. The Hall–Kier alpha value is -4.83. The summed E-state index contributed by atoms with van der Waals surface area (Å²) in [4.78, 5) is 5.95. The highest BCUT2D eigenvalue weighted by Crippen LogP contribution is 2.35. The number of aromatic nitrogens is 4. The van der Waals surface area contributed by atoms with E-state index in [1.165, 1.54) is 27.1 Å². The van der Waals surface area contributed by atoms with Crippen molar-refractivity contribution in [2.75, 3.05) is 0 Å². The third-order valence-corrected chi connectivity index (χ3v) is 6.53. The fourth-order valence-electron chi connectivity index (χ4n) is 4.83. The second-order valence-electron chi connectivity index (χ2n) is 8.68. The van der Waals surface area contributed by atoms with Crippen LogP contribution >= 0.6 is 0 Å². The molecule has 4 nitrogen and oxygen atoms in total. The standard InChI is InChI=1S/C31H20N4/c1-2-11-26-22(7-1)18-29(28-13-4-3-12-27(26)28)23-14-15-30-31(19-23)34-35(33-30)25-10-5-8-21(17-25)24-9-6-16-32-20-24/h1-20H. The zero-order valence-electron chi connectivity index (χ0n) is 18.8. The van der Waals surface area contributed by atoms with Gasteiger partial charge in [-0.3, -0.25) is 4.98 Å². The Labute approximate surface area is 202 Å². The Morgan fingerprint density at radius 2 is 1.31 bits per heavy atom. The molecule has 0 aliphatic heterocycles. The predicted octanol–water partition coefficient (Wildman–Crippen LogP) is 7.46. The van der Waals surface area contributed by atoms with E-state index in [1.54, 1.807) is 11.0 Å². The molecule has 0 radical (unpaired) electrons. The van der Waals surface area contributed by atoms with Crippen molar-refractivity contribution in [2.24, 2.45) is 0 Å². The Morgan fingerprint density at radius 3 is 2.20 bits per heavy atom. The lowest BCUT2D eigenvalue weighted by Crippen LogP contribution is -1.98. The highest BCUT2D eigenvalue weighted by molar-refractivity contribution is 6.14. The molecule has 5 aromatic carbocycles. The molecule has 35 heavy (non-hydrogen) atoms. The average Bonchev–Trinajstić information content (AvgIpc) is 3.37. The molecule has 0 aliphatic carbocycles. The molecule has 2 aromatic heterocycles. The first kappa shape index (κ1) is 19.6. The van der Waals surface area contributed by atoms with Crippen molar-refractivity contribution in [3.8, 4) is 27.9 Å². The smallest absolute Gasteiger partial charge is 0.114 e. The van der Waals surface area contributed by atoms with Crippen LogP contribution in [0.2, 0.25) is 0 Å². The van der Waals surface area contributed by atoms with Crippen LogP contribution in [0.4, 0.5) is 0 Å². The van der Waals surface area contributed by atoms with Crippen molar-refractivity contribution in [2.45, 2.75) is 0 Å². The maximum absolute atomic E-state index is 4.84. The van der Waals surface area contributed by atoms with Crippen molar-refractivity contribution < 1.29 is 0 Å². The van der Waals surface area contributed by atoms with E-state index in [0.29, 0.717) is 0 Å². The van der Waals surface area contributed by atoms with Gasteiger partial charge in [-0.15, -0.1) is 10.2 Å². The van der Waals surface area contributed by atoms with Gasteiger partial charge in [0.1, 0.15) is 11.0 Å². The molecule has 0 fully saturated rings. The number of hydrogen-bond acceptors (Lipinski definition) is 3. The first-order valence-electron chi connectivity index (χ1n) is 11.6. The lowest BCUT2D eigenvalue weighted by molar-refractivity contribution is 0.766. The normalized spacial score (nSPS) is 11.4. The minimum Gasteiger partial charge on any atom is -0.264 e. The van der Waals surface area contributed by atoms with Crippen LogP contribution in [0.1, 0.15) is 0 Å². The molecule has 0 saturated heterocycles. The van der Waals surface area contributed by atoms with Crippen molar-refractivity contribution in [3.63, 3.8) is 0 Å². The zero-order chi connectivity index (χ0) is 23.2. The Balaban J connectivity index is 1.36. The van der Waals surface area contributed by atoms with Crippen molar-refractivity contribution in [1.29, 1.82) is 0 Å². The van der Waals surface area contributed by atoms with Crippen molar-refractivity contribution in [3.05, 3.63) is 122 Å². The number of fused-ring (bicyclic) bond motifs is 4. The number of rotatable bonds is 3. The van der Waals surface area contributed by atoms with E-state index in [2.05, 4.69) is 96.0 Å². The minimum atomic E-state index is 0.866. The van der Waals surface area contributed by atoms with Gasteiger partial charge < -0.3 is 0 Å². The molecule has 0 bridgehead atoms. The van der Waals surface area contributed by atoms with Gasteiger partial charge in [-0.2, -0.15) is 4.80 Å². The van der Waals surface area contributed by atoms with Crippen LogP contribution < -0.4 is 0 Å². The minimum absolute atomic E-state index is 0.866. The molecule has 0 atom stereocenters. The second kappa shape index (κ2) is 7.89. The quantitative estimate of drug-likeness (QED) is 0.264. The van der Waals surface area contributed by atoms with Crippen LogP contribution in [-0.4, -0.2) is 20.0 Å². The van der Waals surface area contributed by atoms with E-state index < -0.39 is 0 Å². The maximum atomic E-state index is 4.84. The molecular formula is C31H20N4. The van der Waals surface area contributed by atoms with Crippen LogP contribution in [0.3, 0.4) is 0 Å². The van der Waals surface area contributed by atoms with E-state index in [-0.39, 0.29) is 0 Å². The van der Waals surface area contributed by atoms with Gasteiger partial charge in [-0.05, 0) is 74.6 Å². The molecule has 164 valence electrons. The van der Waals surface area contributed by atoms with Gasteiger partial charge in [0.2, 0.25) is 0 Å². The summed E-state index contributed by atoms with van der Waals surface area (Å²) < 4.78 is 0. The molecule has 7 rings (SSSR count). The summed E-state index contributed by atoms with van der Waals surface area (Å²) in [6.45, 7) is 0. The van der Waals surface area contributed by atoms with Crippen LogP contribution in [0.25, 0.3) is 60.5 Å². The highest BCUT2D eigenvalue weighted by atomic mass is 15.5. The highest BCUT2D eigenvalue weighted by Gasteiger charge is 2.11. The van der Waals surface area contributed by atoms with Gasteiger partial charge in [0.25, 0.3) is 0 Å². The van der Waals surface area contributed by atoms with Crippen molar-refractivity contribution >= 4 is 32.6 Å².